The Morgan fingerprint density at radius 1 is 0.193 bits per heavy atom. The first-order valence-electron chi connectivity index (χ1n) is 49.4. The zero-order valence-electron chi connectivity index (χ0n) is 80.0. The van der Waals surface area contributed by atoms with Gasteiger partial charge in [0.1, 0.15) is 11.2 Å². The number of thiophene rings is 2. The number of hydrogen-bond acceptors (Lipinski definition) is 11. The molecule has 0 radical (unpaired) electrons. The zero-order chi connectivity index (χ0) is 96.4. The molecule has 0 unspecified atom stereocenters. The summed E-state index contributed by atoms with van der Waals surface area (Å²) in [5, 5.41) is 17.9. The van der Waals surface area contributed by atoms with E-state index in [9.17, 15) is 0 Å². The summed E-state index contributed by atoms with van der Waals surface area (Å²) in [7, 11) is 0. The summed E-state index contributed by atoms with van der Waals surface area (Å²) in [6, 6.07) is 148. The molecule has 0 saturated carbocycles. The molecule has 684 valence electrons. The van der Waals surface area contributed by atoms with Crippen LogP contribution in [0.25, 0.3) is 258 Å². The zero-order valence-corrected chi connectivity index (χ0v) is 81.6. The molecule has 14 heteroatoms. The summed E-state index contributed by atoms with van der Waals surface area (Å²) < 4.78 is 19.2. The maximum absolute atomic E-state index is 6.37. The number of para-hydroxylation sites is 3. The van der Waals surface area contributed by atoms with Crippen molar-refractivity contribution in [1.29, 1.82) is 0 Å². The second kappa shape index (κ2) is 32.1. The van der Waals surface area contributed by atoms with Crippen LogP contribution in [0.4, 0.5) is 0 Å². The Morgan fingerprint density at radius 3 is 0.972 bits per heavy atom. The van der Waals surface area contributed by atoms with Gasteiger partial charge >= 0.3 is 0 Å². The molecule has 0 atom stereocenters. The number of nitrogens with zero attached hydrogens (tertiary/aromatic N) is 11. The highest BCUT2D eigenvalue weighted by atomic mass is 32.1. The maximum Gasteiger partial charge on any atom is 0.164 e. The quantitative estimate of drug-likeness (QED) is 0.139. The molecule has 19 aromatic carbocycles. The molecule has 0 fully saturated rings. The summed E-state index contributed by atoms with van der Waals surface area (Å²) in [6.07, 6.45) is 0. The lowest BCUT2D eigenvalue weighted by atomic mass is 9.73. The van der Waals surface area contributed by atoms with Crippen molar-refractivity contribution < 1.29 is 4.42 Å². The number of rotatable bonds is 9. The molecule has 3 aliphatic rings. The fraction of sp³-hybridized carbons (Fsp3) is 0.0687. The smallest absolute Gasteiger partial charge is 0.164 e. The van der Waals surface area contributed by atoms with Crippen LogP contribution in [0.15, 0.2) is 423 Å². The third-order valence-corrected chi connectivity index (χ3v) is 32.9. The van der Waals surface area contributed by atoms with Gasteiger partial charge in [0.25, 0.3) is 0 Å². The fourth-order valence-corrected chi connectivity index (χ4v) is 25.8. The molecule has 0 amide bonds. The number of hydrogen-bond donors (Lipinski definition) is 0. The van der Waals surface area contributed by atoms with E-state index in [-0.39, 0.29) is 16.2 Å². The summed E-state index contributed by atoms with van der Waals surface area (Å²) in [5.74, 6) is 4.70. The summed E-state index contributed by atoms with van der Waals surface area (Å²) in [6.45, 7) is 14.1. The average Bonchev–Trinajstić information content (AvgIpc) is 1.52. The molecule has 12 nitrogen and oxygen atoms in total. The van der Waals surface area contributed by atoms with Crippen molar-refractivity contribution in [1.82, 2.24) is 53.6 Å². The van der Waals surface area contributed by atoms with Crippen LogP contribution >= 0.6 is 22.7 Å². The number of fused-ring (bicyclic) bond motifs is 29. The van der Waals surface area contributed by atoms with E-state index in [1.807, 2.05) is 138 Å². The van der Waals surface area contributed by atoms with Gasteiger partial charge in [-0.2, -0.15) is 0 Å². The monoisotopic (exact) mass is 1890 g/mol. The van der Waals surface area contributed by atoms with Crippen molar-refractivity contribution in [3.63, 3.8) is 0 Å². The second-order valence-corrected chi connectivity index (χ2v) is 42.1. The Hall–Kier alpha value is -17.8. The van der Waals surface area contributed by atoms with Crippen molar-refractivity contribution in [2.75, 3.05) is 0 Å². The minimum absolute atomic E-state index is 0.247. The first-order valence-corrected chi connectivity index (χ1v) is 51.1. The van der Waals surface area contributed by atoms with Gasteiger partial charge in [0.2, 0.25) is 0 Å². The Morgan fingerprint density at radius 2 is 0.524 bits per heavy atom. The maximum atomic E-state index is 6.37. The largest absolute Gasteiger partial charge is 0.456 e. The number of aromatic nitrogens is 11. The van der Waals surface area contributed by atoms with Gasteiger partial charge in [-0.1, -0.05) is 351 Å². The molecule has 0 aliphatic carbocycles. The van der Waals surface area contributed by atoms with Crippen molar-refractivity contribution in [3.05, 3.63) is 452 Å². The van der Waals surface area contributed by atoms with Gasteiger partial charge in [-0.05, 0) is 153 Å². The minimum Gasteiger partial charge on any atom is -0.456 e. The van der Waals surface area contributed by atoms with Crippen LogP contribution in [0, 0.1) is 0 Å². The Bertz CT molecular complexity index is 9760. The molecule has 28 aromatic rings. The van der Waals surface area contributed by atoms with Crippen molar-refractivity contribution >= 4 is 161 Å². The van der Waals surface area contributed by atoms with Crippen molar-refractivity contribution in [3.8, 4) is 119 Å². The Labute approximate surface area is 841 Å². The van der Waals surface area contributed by atoms with Gasteiger partial charge in [-0.25, -0.2) is 39.9 Å². The first kappa shape index (κ1) is 84.1. The molecule has 31 rings (SSSR count). The Balaban J connectivity index is 0.000000103. The van der Waals surface area contributed by atoms with Crippen molar-refractivity contribution in [2.24, 2.45) is 0 Å². The molecule has 0 spiro atoms. The highest BCUT2D eigenvalue weighted by Gasteiger charge is 2.42. The van der Waals surface area contributed by atoms with Crippen LogP contribution in [0.5, 0.6) is 0 Å². The molecule has 0 saturated heterocycles. The molecule has 0 N–H and O–H groups in total. The SMILES string of the molecule is CC1(C)c2cc(-c3nc(-c4ccccc4)cc(-c4ccccc4)n3)ccc2-n2c3c1cc1ccccc1c3c1ccc3sc4ccccc4c3c12.CC1(C)c2cc(-c3nc(-c4ccccc4)nc(-c4ccccc4)n3)ccc2-n2c3c1cccc3c1ccc3oc4ccccc4c3c12.CC1(C)c2cc(-c3nc(-c4ccccc4)nc(-c4ccccc4)n3)ccc2-n2c3c1cccc3c1ccc3sc4ccccc4c3c12. The third kappa shape index (κ3) is 12.9. The molecule has 12 heterocycles. The molecular weight excluding hydrogens is 1810 g/mol. The summed E-state index contributed by atoms with van der Waals surface area (Å²) in [4.78, 5) is 40.5. The number of furan rings is 1. The third-order valence-electron chi connectivity index (χ3n) is 30.6. The van der Waals surface area contributed by atoms with Crippen LogP contribution in [0.2, 0.25) is 0 Å². The van der Waals surface area contributed by atoms with Gasteiger partial charge in [0.15, 0.2) is 40.8 Å². The summed E-state index contributed by atoms with van der Waals surface area (Å²) in [5.41, 5.74) is 30.7. The van der Waals surface area contributed by atoms with Gasteiger partial charge in [0.05, 0.1) is 66.9 Å². The van der Waals surface area contributed by atoms with E-state index >= 15 is 0 Å². The minimum atomic E-state index is -0.285. The first-order chi connectivity index (χ1) is 71.2. The predicted octanol–water partition coefficient (Wildman–Crippen LogP) is 34.2. The highest BCUT2D eigenvalue weighted by Crippen LogP contribution is 2.57. The van der Waals surface area contributed by atoms with Gasteiger partial charge in [-0.15, -0.1) is 22.7 Å². The molecular formula is C131H87N11OS2. The van der Waals surface area contributed by atoms with E-state index in [2.05, 4.69) is 359 Å². The van der Waals surface area contributed by atoms with Gasteiger partial charge < -0.3 is 18.1 Å². The highest BCUT2D eigenvalue weighted by molar-refractivity contribution is 7.26. The Kier molecular flexibility index (Phi) is 18.6. The van der Waals surface area contributed by atoms with Crippen molar-refractivity contribution in [2.45, 2.75) is 57.8 Å². The van der Waals surface area contributed by atoms with Gasteiger partial charge in [-0.3, -0.25) is 0 Å². The van der Waals surface area contributed by atoms with Crippen LogP contribution in [-0.2, 0) is 16.2 Å². The lowest BCUT2D eigenvalue weighted by Gasteiger charge is -2.35. The molecule has 0 bridgehead atoms. The van der Waals surface area contributed by atoms with E-state index in [1.165, 1.54) is 161 Å². The molecule has 9 aromatic heterocycles. The van der Waals surface area contributed by atoms with E-state index in [0.717, 1.165) is 94.9 Å². The molecule has 145 heavy (non-hydrogen) atoms. The van der Waals surface area contributed by atoms with E-state index in [0.29, 0.717) is 34.9 Å². The molecule has 3 aliphatic heterocycles. The van der Waals surface area contributed by atoms with E-state index in [1.54, 1.807) is 0 Å². The summed E-state index contributed by atoms with van der Waals surface area (Å²) >= 11 is 3.75. The van der Waals surface area contributed by atoms with Crippen LogP contribution in [-0.4, -0.2) is 53.6 Å². The van der Waals surface area contributed by atoms with E-state index < -0.39 is 0 Å². The van der Waals surface area contributed by atoms with E-state index in [4.69, 9.17) is 44.3 Å². The predicted molar refractivity (Wildman–Crippen MR) is 601 cm³/mol. The standard InChI is InChI=1S/C47H31N3S.C42H28N4O.C42H28N4S/c1-47(2)35-26-31(46-48-37(28-13-5-3-6-14-28)27-38(49-46)29-15-7-4-8-16-29)21-23-39(35)50-44-34(22-24-41-43(44)33-19-11-12-20-40(33)51-41)42-32-18-10-9-17-30(32)25-36(47)45(42)50;2*1-42(2)31-18-11-17-28-29-21-23-35-36(30-16-9-10-19-34(30)47-35)38(29)46(37(28)31)33-22-20-27(24-32(33)42)41-44-39(25-12-5-3-6-13-25)43-40(45-41)26-14-7-4-8-15-26/h3-27H,1-2H3;2*3-24H,1-2H3. The average molecular weight is 1900 g/mol. The fourth-order valence-electron chi connectivity index (χ4n) is 23.6. The number of benzene rings is 19. The topological polar surface area (TPSA) is 131 Å². The normalized spacial score (nSPS) is 13.5. The lowest BCUT2D eigenvalue weighted by Crippen LogP contribution is -2.26. The second-order valence-electron chi connectivity index (χ2n) is 39.9. The lowest BCUT2D eigenvalue weighted by molar-refractivity contribution is 0.630. The van der Waals surface area contributed by atoms with Gasteiger partial charge in [0, 0.05) is 144 Å². The van der Waals surface area contributed by atoms with Crippen LogP contribution < -0.4 is 0 Å². The van der Waals surface area contributed by atoms with Crippen LogP contribution in [0.1, 0.15) is 74.9 Å². The van der Waals surface area contributed by atoms with Crippen LogP contribution in [0.3, 0.4) is 0 Å².